The normalized spacial score (nSPS) is 30.0. The topological polar surface area (TPSA) is 18.5 Å². The van der Waals surface area contributed by atoms with Crippen molar-refractivity contribution in [2.75, 3.05) is 6.61 Å². The van der Waals surface area contributed by atoms with E-state index in [0.717, 1.165) is 17.8 Å². The Morgan fingerprint density at radius 3 is 1.85 bits per heavy atom. The van der Waals surface area contributed by atoms with E-state index in [9.17, 15) is 13.2 Å². The molecule has 0 aromatic heterocycles. The Morgan fingerprint density at radius 1 is 0.808 bits per heavy atom. The van der Waals surface area contributed by atoms with Crippen LogP contribution in [0.1, 0.15) is 58.3 Å². The molecule has 0 saturated heterocycles. The molecule has 5 heteroatoms. The van der Waals surface area contributed by atoms with Crippen LogP contribution >= 0.6 is 0 Å². The number of halogens is 3. The number of hydrogen-bond acceptors (Lipinski definition) is 2. The average molecular weight is 370 g/mol. The Bertz CT molecular complexity index is 539. The summed E-state index contributed by atoms with van der Waals surface area (Å²) in [6.45, 7) is 3.01. The Labute approximate surface area is 154 Å². The van der Waals surface area contributed by atoms with Gasteiger partial charge in [0, 0.05) is 0 Å². The predicted molar refractivity (Wildman–Crippen MR) is 95.2 cm³/mol. The molecule has 2 aliphatic rings. The second-order valence-corrected chi connectivity index (χ2v) is 8.13. The van der Waals surface area contributed by atoms with Gasteiger partial charge in [0.15, 0.2) is 0 Å². The molecule has 0 amide bonds. The quantitative estimate of drug-likeness (QED) is 0.581. The minimum Gasteiger partial charge on any atom is -0.493 e. The zero-order valence-corrected chi connectivity index (χ0v) is 15.4. The van der Waals surface area contributed by atoms with Gasteiger partial charge >= 0.3 is 6.36 Å². The van der Waals surface area contributed by atoms with Crippen molar-refractivity contribution in [3.05, 3.63) is 24.3 Å². The summed E-state index contributed by atoms with van der Waals surface area (Å²) in [4.78, 5) is 0. The molecule has 26 heavy (non-hydrogen) atoms. The summed E-state index contributed by atoms with van der Waals surface area (Å²) in [7, 11) is 0. The molecule has 0 aliphatic heterocycles. The molecule has 0 unspecified atom stereocenters. The fraction of sp³-hybridized carbons (Fsp3) is 0.714. The van der Waals surface area contributed by atoms with Crippen molar-refractivity contribution >= 4 is 0 Å². The highest BCUT2D eigenvalue weighted by Crippen LogP contribution is 2.41. The Morgan fingerprint density at radius 2 is 1.31 bits per heavy atom. The smallest absolute Gasteiger partial charge is 0.493 e. The van der Waals surface area contributed by atoms with E-state index in [1.807, 2.05) is 0 Å². The van der Waals surface area contributed by atoms with Gasteiger partial charge in [0.2, 0.25) is 0 Å². The Kier molecular flexibility index (Phi) is 6.36. The summed E-state index contributed by atoms with van der Waals surface area (Å²) in [6.07, 6.45) is 5.93. The lowest BCUT2D eigenvalue weighted by molar-refractivity contribution is -0.274. The minimum atomic E-state index is -4.66. The van der Waals surface area contributed by atoms with Crippen LogP contribution in [-0.2, 0) is 0 Å². The van der Waals surface area contributed by atoms with Gasteiger partial charge in [-0.1, -0.05) is 19.8 Å². The summed E-state index contributed by atoms with van der Waals surface area (Å²) in [5, 5.41) is 0. The summed E-state index contributed by atoms with van der Waals surface area (Å²) in [6, 6.07) is 5.67. The number of ether oxygens (including phenoxy) is 2. The predicted octanol–water partition coefficient (Wildman–Crippen LogP) is 6.60. The van der Waals surface area contributed by atoms with Crippen molar-refractivity contribution in [2.45, 2.75) is 64.7 Å². The summed E-state index contributed by atoms with van der Waals surface area (Å²) in [5.74, 6) is 3.66. The van der Waals surface area contributed by atoms with Crippen molar-refractivity contribution in [3.63, 3.8) is 0 Å². The third kappa shape index (κ3) is 5.82. The molecule has 2 saturated carbocycles. The maximum absolute atomic E-state index is 12.2. The van der Waals surface area contributed by atoms with Gasteiger partial charge in [0.1, 0.15) is 11.5 Å². The van der Waals surface area contributed by atoms with E-state index in [4.69, 9.17) is 4.74 Å². The van der Waals surface area contributed by atoms with Gasteiger partial charge < -0.3 is 9.47 Å². The van der Waals surface area contributed by atoms with E-state index in [2.05, 4.69) is 11.7 Å². The van der Waals surface area contributed by atoms with Crippen LogP contribution in [-0.4, -0.2) is 13.0 Å². The highest BCUT2D eigenvalue weighted by atomic mass is 19.4. The van der Waals surface area contributed by atoms with Crippen LogP contribution in [0.25, 0.3) is 0 Å². The zero-order chi connectivity index (χ0) is 18.6. The first-order chi connectivity index (χ1) is 12.4. The van der Waals surface area contributed by atoms with Gasteiger partial charge in [-0.2, -0.15) is 0 Å². The van der Waals surface area contributed by atoms with Crippen LogP contribution in [0.2, 0.25) is 0 Å². The van der Waals surface area contributed by atoms with Crippen LogP contribution < -0.4 is 9.47 Å². The summed E-state index contributed by atoms with van der Waals surface area (Å²) < 4.78 is 46.2. The molecule has 3 rings (SSSR count). The first-order valence-corrected chi connectivity index (χ1v) is 9.87. The fourth-order valence-electron chi connectivity index (χ4n) is 4.54. The molecule has 0 bridgehead atoms. The lowest BCUT2D eigenvalue weighted by Gasteiger charge is -2.37. The lowest BCUT2D eigenvalue weighted by atomic mass is 9.69. The second kappa shape index (κ2) is 8.53. The third-order valence-electron chi connectivity index (χ3n) is 6.16. The highest BCUT2D eigenvalue weighted by Gasteiger charge is 2.31. The molecule has 0 heterocycles. The van der Waals surface area contributed by atoms with E-state index < -0.39 is 6.36 Å². The Hall–Kier alpha value is -1.39. The second-order valence-electron chi connectivity index (χ2n) is 8.13. The van der Waals surface area contributed by atoms with E-state index >= 15 is 0 Å². The fourth-order valence-corrected chi connectivity index (χ4v) is 4.54. The lowest BCUT2D eigenvalue weighted by Crippen LogP contribution is -2.27. The molecular formula is C21H29F3O2. The number of rotatable bonds is 5. The number of hydrogen-bond donors (Lipinski definition) is 0. The van der Waals surface area contributed by atoms with Crippen molar-refractivity contribution in [3.8, 4) is 11.5 Å². The van der Waals surface area contributed by atoms with Crippen LogP contribution in [0, 0.1) is 23.7 Å². The first-order valence-electron chi connectivity index (χ1n) is 9.87. The van der Waals surface area contributed by atoms with E-state index in [0.29, 0.717) is 18.3 Å². The molecule has 0 N–H and O–H groups in total. The standard InChI is InChI=1S/C21H29F3O2/c1-15-2-6-17(7-3-15)18-8-4-16(5-9-18)14-25-19-10-12-20(13-11-19)26-21(22,23)24/h10-13,15-18H,2-9,14H2,1H3. The molecule has 2 aliphatic carbocycles. The first kappa shape index (κ1) is 19.4. The molecule has 146 valence electrons. The molecule has 0 spiro atoms. The van der Waals surface area contributed by atoms with Crippen LogP contribution in [0.3, 0.4) is 0 Å². The van der Waals surface area contributed by atoms with Crippen LogP contribution in [0.4, 0.5) is 13.2 Å². The van der Waals surface area contributed by atoms with E-state index in [1.54, 1.807) is 0 Å². The summed E-state index contributed by atoms with van der Waals surface area (Å²) >= 11 is 0. The third-order valence-corrected chi connectivity index (χ3v) is 6.16. The monoisotopic (exact) mass is 370 g/mol. The van der Waals surface area contributed by atoms with Crippen molar-refractivity contribution in [2.24, 2.45) is 23.7 Å². The van der Waals surface area contributed by atoms with E-state index in [1.165, 1.54) is 75.6 Å². The maximum Gasteiger partial charge on any atom is 0.573 e. The average Bonchev–Trinajstić information content (AvgIpc) is 2.61. The van der Waals surface area contributed by atoms with Crippen LogP contribution in [0.5, 0.6) is 11.5 Å². The molecular weight excluding hydrogens is 341 g/mol. The van der Waals surface area contributed by atoms with Gasteiger partial charge in [-0.15, -0.1) is 13.2 Å². The minimum absolute atomic E-state index is 0.216. The molecule has 0 radical (unpaired) electrons. The van der Waals surface area contributed by atoms with Gasteiger partial charge in [0.05, 0.1) is 6.61 Å². The summed E-state index contributed by atoms with van der Waals surface area (Å²) in [5.41, 5.74) is 0. The molecule has 0 atom stereocenters. The van der Waals surface area contributed by atoms with Crippen LogP contribution in [0.15, 0.2) is 24.3 Å². The number of benzene rings is 1. The van der Waals surface area contributed by atoms with Crippen molar-refractivity contribution in [1.29, 1.82) is 0 Å². The van der Waals surface area contributed by atoms with Crippen molar-refractivity contribution in [1.82, 2.24) is 0 Å². The maximum atomic E-state index is 12.2. The van der Waals surface area contributed by atoms with E-state index in [-0.39, 0.29) is 5.75 Å². The van der Waals surface area contributed by atoms with Gasteiger partial charge in [0.25, 0.3) is 0 Å². The largest absolute Gasteiger partial charge is 0.573 e. The molecule has 2 fully saturated rings. The van der Waals surface area contributed by atoms with Gasteiger partial charge in [-0.25, -0.2) is 0 Å². The zero-order valence-electron chi connectivity index (χ0n) is 15.4. The highest BCUT2D eigenvalue weighted by molar-refractivity contribution is 5.31. The molecule has 1 aromatic rings. The SMILES string of the molecule is CC1CCC(C2CCC(COc3ccc(OC(F)(F)F)cc3)CC2)CC1. The van der Waals surface area contributed by atoms with Crippen molar-refractivity contribution < 1.29 is 22.6 Å². The molecule has 2 nitrogen and oxygen atoms in total. The number of alkyl halides is 3. The van der Waals surface area contributed by atoms with Gasteiger partial charge in [-0.3, -0.25) is 0 Å². The Balaban J connectivity index is 1.38. The van der Waals surface area contributed by atoms with Gasteiger partial charge in [-0.05, 0) is 86.5 Å². The molecule has 1 aromatic carbocycles.